The van der Waals surface area contributed by atoms with Gasteiger partial charge in [-0.05, 0) is 55.9 Å². The molecule has 110 valence electrons. The van der Waals surface area contributed by atoms with Crippen molar-refractivity contribution in [1.82, 2.24) is 0 Å². The average Bonchev–Trinajstić information content (AvgIpc) is 2.91. The highest BCUT2D eigenvalue weighted by Gasteiger charge is 2.18. The molecule has 0 radical (unpaired) electrons. The van der Waals surface area contributed by atoms with Crippen LogP contribution >= 0.6 is 22.9 Å². The first-order valence-electron chi connectivity index (χ1n) is 7.31. The number of fused-ring (bicyclic) bond motifs is 1. The molecule has 0 fully saturated rings. The van der Waals surface area contributed by atoms with Crippen molar-refractivity contribution in [3.63, 3.8) is 0 Å². The Labute approximate surface area is 134 Å². The van der Waals surface area contributed by atoms with E-state index in [2.05, 4.69) is 11.4 Å². The minimum absolute atomic E-state index is 0.0285. The van der Waals surface area contributed by atoms with E-state index in [1.165, 1.54) is 23.3 Å². The maximum absolute atomic E-state index is 12.5. The molecule has 0 saturated heterocycles. The summed E-state index contributed by atoms with van der Waals surface area (Å²) in [5.41, 5.74) is 3.11. The number of amides is 1. The Bertz CT molecular complexity index is 639. The molecule has 0 aliphatic heterocycles. The second kappa shape index (κ2) is 6.20. The van der Waals surface area contributed by atoms with Crippen LogP contribution in [0.25, 0.3) is 0 Å². The van der Waals surface area contributed by atoms with E-state index in [1.807, 2.05) is 31.2 Å². The Morgan fingerprint density at radius 3 is 2.81 bits per heavy atom. The average molecular weight is 320 g/mol. The number of halogens is 1. The Morgan fingerprint density at radius 1 is 1.29 bits per heavy atom. The van der Waals surface area contributed by atoms with Crippen molar-refractivity contribution in [3.8, 4) is 0 Å². The van der Waals surface area contributed by atoms with Crippen LogP contribution in [0.5, 0.6) is 0 Å². The molecule has 1 aliphatic rings. The summed E-state index contributed by atoms with van der Waals surface area (Å²) in [6.45, 7) is 1.91. The van der Waals surface area contributed by atoms with E-state index in [9.17, 15) is 4.79 Å². The third-order valence-corrected chi connectivity index (χ3v) is 5.33. The Hall–Kier alpha value is -1.32. The van der Waals surface area contributed by atoms with Gasteiger partial charge in [-0.2, -0.15) is 0 Å². The number of carbonyl (C=O) groups excluding carboxylic acids is 1. The van der Waals surface area contributed by atoms with Crippen molar-refractivity contribution in [2.45, 2.75) is 38.0 Å². The molecule has 1 unspecified atom stereocenters. The van der Waals surface area contributed by atoms with Gasteiger partial charge in [0.15, 0.2) is 0 Å². The fourth-order valence-electron chi connectivity index (χ4n) is 2.74. The zero-order chi connectivity index (χ0) is 14.8. The van der Waals surface area contributed by atoms with E-state index >= 15 is 0 Å². The number of thiophene rings is 1. The molecule has 4 heteroatoms. The molecular formula is C17H18ClNOS. The van der Waals surface area contributed by atoms with Crippen molar-refractivity contribution in [1.29, 1.82) is 0 Å². The number of benzene rings is 1. The third kappa shape index (κ3) is 3.14. The number of para-hydroxylation sites is 1. The molecule has 1 N–H and O–H groups in total. The number of hydrogen-bond acceptors (Lipinski definition) is 2. The minimum Gasteiger partial charge on any atom is -0.321 e. The van der Waals surface area contributed by atoms with Crippen molar-refractivity contribution >= 4 is 34.5 Å². The molecule has 1 aromatic carbocycles. The summed E-state index contributed by atoms with van der Waals surface area (Å²) in [5, 5.41) is 2.88. The molecule has 3 rings (SSSR count). The Balaban J connectivity index is 1.82. The van der Waals surface area contributed by atoms with Crippen LogP contribution in [0, 0.1) is 0 Å². The third-order valence-electron chi connectivity index (χ3n) is 3.86. The van der Waals surface area contributed by atoms with Gasteiger partial charge in [0.25, 0.3) is 5.91 Å². The summed E-state index contributed by atoms with van der Waals surface area (Å²) in [4.78, 5) is 14.6. The van der Waals surface area contributed by atoms with Crippen molar-refractivity contribution in [3.05, 3.63) is 51.2 Å². The topological polar surface area (TPSA) is 29.1 Å². The van der Waals surface area contributed by atoms with Gasteiger partial charge in [0.05, 0.1) is 10.3 Å². The summed E-state index contributed by atoms with van der Waals surface area (Å²) in [5.74, 6) is -0.0285. The lowest BCUT2D eigenvalue weighted by Crippen LogP contribution is -2.12. The Morgan fingerprint density at radius 2 is 2.05 bits per heavy atom. The molecule has 1 atom stereocenters. The first-order chi connectivity index (χ1) is 10.1. The van der Waals surface area contributed by atoms with Crippen LogP contribution in [0.4, 0.5) is 5.69 Å². The van der Waals surface area contributed by atoms with Gasteiger partial charge in [-0.3, -0.25) is 4.79 Å². The molecule has 1 heterocycles. The quantitative estimate of drug-likeness (QED) is 0.776. The zero-order valence-electron chi connectivity index (χ0n) is 12.0. The first kappa shape index (κ1) is 14.6. The second-order valence-corrected chi connectivity index (χ2v) is 7.21. The van der Waals surface area contributed by atoms with Gasteiger partial charge in [-0.1, -0.05) is 18.2 Å². The smallest absolute Gasteiger partial charge is 0.265 e. The van der Waals surface area contributed by atoms with Crippen molar-refractivity contribution in [2.24, 2.45) is 0 Å². The van der Waals surface area contributed by atoms with Crippen molar-refractivity contribution < 1.29 is 4.79 Å². The van der Waals surface area contributed by atoms with E-state index in [4.69, 9.17) is 11.6 Å². The first-order valence-corrected chi connectivity index (χ1v) is 8.56. The maximum atomic E-state index is 12.5. The summed E-state index contributed by atoms with van der Waals surface area (Å²) < 4.78 is 0. The number of carbonyl (C=O) groups is 1. The molecule has 2 nitrogen and oxygen atoms in total. The lowest BCUT2D eigenvalue weighted by atomic mass is 9.99. The molecule has 0 spiro atoms. The molecule has 0 bridgehead atoms. The second-order valence-electron chi connectivity index (χ2n) is 5.42. The lowest BCUT2D eigenvalue weighted by Gasteiger charge is -2.11. The van der Waals surface area contributed by atoms with Gasteiger partial charge in [0.2, 0.25) is 0 Å². The number of rotatable bonds is 3. The Kier molecular flexibility index (Phi) is 4.32. The number of hydrogen-bond donors (Lipinski definition) is 1. The number of aryl methyl sites for hydroxylation is 2. The molecule has 2 aromatic rings. The molecule has 0 saturated carbocycles. The summed E-state index contributed by atoms with van der Waals surface area (Å²) in [6, 6.07) is 9.76. The fraction of sp³-hybridized carbons (Fsp3) is 0.353. The van der Waals surface area contributed by atoms with Gasteiger partial charge < -0.3 is 5.32 Å². The van der Waals surface area contributed by atoms with E-state index in [-0.39, 0.29) is 11.3 Å². The molecule has 1 aromatic heterocycles. The number of nitrogens with one attached hydrogen (secondary N) is 1. The standard InChI is InChI=1S/C17H18ClNOS/c1-11(18)13-7-3-4-8-14(13)19-17(20)16-10-12-6-2-5-9-15(12)21-16/h3-4,7-8,10-11H,2,5-6,9H2,1H3,(H,19,20). The van der Waals surface area contributed by atoms with Crippen LogP contribution < -0.4 is 5.32 Å². The predicted octanol–water partition coefficient (Wildman–Crippen LogP) is 5.18. The summed E-state index contributed by atoms with van der Waals surface area (Å²) >= 11 is 7.80. The van der Waals surface area contributed by atoms with Crippen LogP contribution in [0.15, 0.2) is 30.3 Å². The highest BCUT2D eigenvalue weighted by molar-refractivity contribution is 7.14. The summed E-state index contributed by atoms with van der Waals surface area (Å²) in [7, 11) is 0. The van der Waals surface area contributed by atoms with Crippen LogP contribution in [0.1, 0.15) is 50.8 Å². The SMILES string of the molecule is CC(Cl)c1ccccc1NC(=O)c1cc2c(s1)CCCC2. The number of alkyl halides is 1. The minimum atomic E-state index is -0.127. The zero-order valence-corrected chi connectivity index (χ0v) is 13.6. The highest BCUT2D eigenvalue weighted by atomic mass is 35.5. The summed E-state index contributed by atoms with van der Waals surface area (Å²) in [6.07, 6.45) is 4.69. The molecule has 1 amide bonds. The van der Waals surface area contributed by atoms with Gasteiger partial charge in [-0.25, -0.2) is 0 Å². The highest BCUT2D eigenvalue weighted by Crippen LogP contribution is 2.31. The van der Waals surface area contributed by atoms with Gasteiger partial charge in [-0.15, -0.1) is 22.9 Å². The molecular weight excluding hydrogens is 302 g/mol. The largest absolute Gasteiger partial charge is 0.321 e. The monoisotopic (exact) mass is 319 g/mol. The van der Waals surface area contributed by atoms with Gasteiger partial charge in [0, 0.05) is 10.6 Å². The predicted molar refractivity (Wildman–Crippen MR) is 89.6 cm³/mol. The van der Waals surface area contributed by atoms with Crippen LogP contribution in [-0.2, 0) is 12.8 Å². The van der Waals surface area contributed by atoms with Crippen LogP contribution in [0.3, 0.4) is 0 Å². The number of anilines is 1. The van der Waals surface area contributed by atoms with E-state index in [0.29, 0.717) is 0 Å². The van der Waals surface area contributed by atoms with E-state index in [0.717, 1.165) is 29.0 Å². The fourth-order valence-corrected chi connectivity index (χ4v) is 4.08. The van der Waals surface area contributed by atoms with Gasteiger partial charge >= 0.3 is 0 Å². The maximum Gasteiger partial charge on any atom is 0.265 e. The van der Waals surface area contributed by atoms with E-state index < -0.39 is 0 Å². The molecule has 21 heavy (non-hydrogen) atoms. The molecule has 1 aliphatic carbocycles. The van der Waals surface area contributed by atoms with Gasteiger partial charge in [0.1, 0.15) is 0 Å². The van der Waals surface area contributed by atoms with Crippen molar-refractivity contribution in [2.75, 3.05) is 5.32 Å². The van der Waals surface area contributed by atoms with Crippen LogP contribution in [0.2, 0.25) is 0 Å². The normalized spacial score (nSPS) is 15.3. The lowest BCUT2D eigenvalue weighted by molar-refractivity contribution is 0.103. The van der Waals surface area contributed by atoms with E-state index in [1.54, 1.807) is 11.3 Å². The van der Waals surface area contributed by atoms with Crippen LogP contribution in [-0.4, -0.2) is 5.91 Å².